The Balaban J connectivity index is 2.13. The van der Waals surface area contributed by atoms with E-state index in [0.717, 1.165) is 0 Å². The van der Waals surface area contributed by atoms with E-state index in [1.807, 2.05) is 0 Å². The van der Waals surface area contributed by atoms with Crippen molar-refractivity contribution in [3.05, 3.63) is 53.6 Å². The van der Waals surface area contributed by atoms with Crippen LogP contribution in [0.25, 0.3) is 0 Å². The van der Waals surface area contributed by atoms with Crippen LogP contribution < -0.4 is 14.2 Å². The molecule has 0 aliphatic carbocycles. The number of carbonyl (C=O) groups excluding carboxylic acids is 2. The molecule has 0 saturated heterocycles. The smallest absolute Gasteiger partial charge is 0.338 e. The fourth-order valence-electron chi connectivity index (χ4n) is 2.11. The molecule has 0 spiro atoms. The number of ether oxygens (including phenoxy) is 4. The number of esters is 1. The molecule has 0 fully saturated rings. The molecule has 24 heavy (non-hydrogen) atoms. The highest BCUT2D eigenvalue weighted by Gasteiger charge is 2.18. The van der Waals surface area contributed by atoms with Gasteiger partial charge in [-0.2, -0.15) is 0 Å². The molecule has 6 heteroatoms. The molecule has 0 heterocycles. The van der Waals surface area contributed by atoms with Crippen molar-refractivity contribution in [2.75, 3.05) is 27.9 Å². The Kier molecular flexibility index (Phi) is 5.78. The first-order valence-corrected chi connectivity index (χ1v) is 7.16. The van der Waals surface area contributed by atoms with E-state index in [1.54, 1.807) is 30.3 Å². The summed E-state index contributed by atoms with van der Waals surface area (Å²) >= 11 is 0. The van der Waals surface area contributed by atoms with Crippen LogP contribution in [0, 0.1) is 0 Å². The average Bonchev–Trinajstić information content (AvgIpc) is 2.65. The van der Waals surface area contributed by atoms with Gasteiger partial charge < -0.3 is 18.9 Å². The second-order valence-electron chi connectivity index (χ2n) is 4.78. The van der Waals surface area contributed by atoms with Crippen molar-refractivity contribution < 1.29 is 28.5 Å². The number of benzene rings is 2. The molecule has 2 aromatic carbocycles. The Hall–Kier alpha value is -3.02. The minimum atomic E-state index is -0.559. The summed E-state index contributed by atoms with van der Waals surface area (Å²) in [6.07, 6.45) is 0. The summed E-state index contributed by atoms with van der Waals surface area (Å²) in [5.74, 6) is 0.164. The quantitative estimate of drug-likeness (QED) is 0.574. The largest absolute Gasteiger partial charge is 0.493 e. The van der Waals surface area contributed by atoms with Crippen molar-refractivity contribution in [1.29, 1.82) is 0 Å². The maximum atomic E-state index is 12.3. The van der Waals surface area contributed by atoms with Crippen molar-refractivity contribution in [2.45, 2.75) is 0 Å². The molecule has 6 nitrogen and oxygen atoms in total. The summed E-state index contributed by atoms with van der Waals surface area (Å²) in [4.78, 5) is 24.2. The number of hydrogen-bond acceptors (Lipinski definition) is 6. The summed E-state index contributed by atoms with van der Waals surface area (Å²) < 4.78 is 20.6. The van der Waals surface area contributed by atoms with Crippen LogP contribution in [0.1, 0.15) is 20.7 Å². The Morgan fingerprint density at radius 1 is 0.833 bits per heavy atom. The fourth-order valence-corrected chi connectivity index (χ4v) is 2.11. The molecule has 2 rings (SSSR count). The molecular weight excluding hydrogens is 312 g/mol. The van der Waals surface area contributed by atoms with Gasteiger partial charge in [0.25, 0.3) is 0 Å². The maximum Gasteiger partial charge on any atom is 0.338 e. The van der Waals surface area contributed by atoms with Crippen molar-refractivity contribution in [1.82, 2.24) is 0 Å². The minimum Gasteiger partial charge on any atom is -0.493 e. The lowest BCUT2D eigenvalue weighted by atomic mass is 10.1. The van der Waals surface area contributed by atoms with E-state index in [1.165, 1.54) is 33.5 Å². The van der Waals surface area contributed by atoms with Crippen LogP contribution in [0.2, 0.25) is 0 Å². The molecule has 0 aliphatic rings. The molecule has 126 valence electrons. The number of ketones is 1. The summed E-state index contributed by atoms with van der Waals surface area (Å²) in [5.41, 5.74) is 0.681. The number of rotatable bonds is 7. The summed E-state index contributed by atoms with van der Waals surface area (Å²) in [5, 5.41) is 0. The van der Waals surface area contributed by atoms with Crippen LogP contribution in [-0.2, 0) is 4.74 Å². The minimum absolute atomic E-state index is 0.297. The van der Waals surface area contributed by atoms with E-state index >= 15 is 0 Å². The lowest BCUT2D eigenvalue weighted by molar-refractivity contribution is 0.0474. The molecule has 0 aromatic heterocycles. The van der Waals surface area contributed by atoms with Gasteiger partial charge in [-0.25, -0.2) is 4.79 Å². The second kappa shape index (κ2) is 8.01. The molecule has 0 amide bonds. The third kappa shape index (κ3) is 3.84. The molecule has 0 aliphatic heterocycles. The number of methoxy groups -OCH3 is 3. The molecule has 2 aromatic rings. The zero-order valence-corrected chi connectivity index (χ0v) is 13.7. The first-order chi connectivity index (χ1) is 11.6. The Bertz CT molecular complexity index is 699. The van der Waals surface area contributed by atoms with Gasteiger partial charge in [0.2, 0.25) is 11.5 Å². The fraction of sp³-hybridized carbons (Fsp3) is 0.222. The van der Waals surface area contributed by atoms with E-state index in [2.05, 4.69) is 0 Å². The van der Waals surface area contributed by atoms with E-state index < -0.39 is 5.97 Å². The van der Waals surface area contributed by atoms with Gasteiger partial charge in [0.1, 0.15) is 0 Å². The monoisotopic (exact) mass is 330 g/mol. The van der Waals surface area contributed by atoms with Gasteiger partial charge >= 0.3 is 5.97 Å². The van der Waals surface area contributed by atoms with Gasteiger partial charge in [-0.05, 0) is 24.3 Å². The second-order valence-corrected chi connectivity index (χ2v) is 4.78. The number of hydrogen-bond donors (Lipinski definition) is 0. The van der Waals surface area contributed by atoms with E-state index in [4.69, 9.17) is 18.9 Å². The van der Waals surface area contributed by atoms with Gasteiger partial charge in [-0.15, -0.1) is 0 Å². The van der Waals surface area contributed by atoms with Gasteiger partial charge in [0, 0.05) is 5.56 Å². The third-order valence-corrected chi connectivity index (χ3v) is 3.33. The third-order valence-electron chi connectivity index (χ3n) is 3.33. The SMILES string of the molecule is COc1cc(C(=O)COC(=O)c2ccccc2)cc(OC)c1OC. The summed E-state index contributed by atoms with van der Waals surface area (Å²) in [6, 6.07) is 11.5. The van der Waals surface area contributed by atoms with Gasteiger partial charge in [-0.3, -0.25) is 4.79 Å². The predicted octanol–water partition coefficient (Wildman–Crippen LogP) is 2.75. The van der Waals surface area contributed by atoms with Gasteiger partial charge in [0.05, 0.1) is 26.9 Å². The van der Waals surface area contributed by atoms with Crippen LogP contribution in [0.4, 0.5) is 0 Å². The summed E-state index contributed by atoms with van der Waals surface area (Å²) in [7, 11) is 4.39. The Morgan fingerprint density at radius 3 is 1.92 bits per heavy atom. The van der Waals surface area contributed by atoms with Crippen LogP contribution in [0.3, 0.4) is 0 Å². The Labute approximate surface area is 139 Å². The number of Topliss-reactive ketones (excluding diaryl/α,β-unsaturated/α-hetero) is 1. The highest BCUT2D eigenvalue weighted by Crippen LogP contribution is 2.38. The average molecular weight is 330 g/mol. The molecular formula is C18H18O6. The lowest BCUT2D eigenvalue weighted by Gasteiger charge is -2.13. The molecule has 0 unspecified atom stereocenters. The highest BCUT2D eigenvalue weighted by atomic mass is 16.5. The van der Waals surface area contributed by atoms with Crippen molar-refractivity contribution in [2.24, 2.45) is 0 Å². The van der Waals surface area contributed by atoms with Gasteiger partial charge in [-0.1, -0.05) is 18.2 Å². The molecule has 0 atom stereocenters. The molecule has 0 saturated carbocycles. The van der Waals surface area contributed by atoms with Crippen LogP contribution in [0.5, 0.6) is 17.2 Å². The lowest BCUT2D eigenvalue weighted by Crippen LogP contribution is -2.14. The van der Waals surface area contributed by atoms with E-state index in [-0.39, 0.29) is 12.4 Å². The highest BCUT2D eigenvalue weighted by molar-refractivity contribution is 6.00. The topological polar surface area (TPSA) is 71.1 Å². The van der Waals surface area contributed by atoms with E-state index in [0.29, 0.717) is 28.4 Å². The van der Waals surface area contributed by atoms with E-state index in [9.17, 15) is 9.59 Å². The predicted molar refractivity (Wildman–Crippen MR) is 87.2 cm³/mol. The Morgan fingerprint density at radius 2 is 1.42 bits per heavy atom. The van der Waals surface area contributed by atoms with Crippen LogP contribution in [0.15, 0.2) is 42.5 Å². The maximum absolute atomic E-state index is 12.3. The zero-order valence-electron chi connectivity index (χ0n) is 13.7. The van der Waals surface area contributed by atoms with Gasteiger partial charge in [0.15, 0.2) is 18.1 Å². The molecule has 0 radical (unpaired) electrons. The van der Waals surface area contributed by atoms with Crippen LogP contribution in [-0.4, -0.2) is 39.7 Å². The first-order valence-electron chi connectivity index (χ1n) is 7.16. The van der Waals surface area contributed by atoms with Crippen molar-refractivity contribution >= 4 is 11.8 Å². The first kappa shape index (κ1) is 17.3. The van der Waals surface area contributed by atoms with Crippen molar-refractivity contribution in [3.8, 4) is 17.2 Å². The van der Waals surface area contributed by atoms with Crippen molar-refractivity contribution in [3.63, 3.8) is 0 Å². The normalized spacial score (nSPS) is 9.96. The zero-order chi connectivity index (χ0) is 17.5. The molecule has 0 N–H and O–H groups in total. The standard InChI is InChI=1S/C18H18O6/c1-21-15-9-13(10-16(22-2)17(15)23-3)14(19)11-24-18(20)12-7-5-4-6-8-12/h4-10H,11H2,1-3H3. The number of carbonyl (C=O) groups is 2. The molecule has 0 bridgehead atoms. The van der Waals surface area contributed by atoms with Crippen LogP contribution >= 0.6 is 0 Å². The summed E-state index contributed by atoms with van der Waals surface area (Å²) in [6.45, 7) is -0.383.